The number of carbonyl (C=O) groups excluding carboxylic acids is 1. The first-order valence-electron chi connectivity index (χ1n) is 6.58. The number of rotatable bonds is 5. The second-order valence-corrected chi connectivity index (χ2v) is 4.57. The average molecular weight is 274 g/mol. The van der Waals surface area contributed by atoms with E-state index in [0.29, 0.717) is 31.0 Å². The van der Waals surface area contributed by atoms with Gasteiger partial charge in [-0.2, -0.15) is 5.10 Å². The molecule has 0 aliphatic rings. The Labute approximate surface area is 117 Å². The van der Waals surface area contributed by atoms with Crippen molar-refractivity contribution in [1.29, 1.82) is 0 Å². The molecular weight excluding hydrogens is 256 g/mol. The van der Waals surface area contributed by atoms with Crippen LogP contribution in [0.4, 0.5) is 0 Å². The van der Waals surface area contributed by atoms with Gasteiger partial charge in [0.25, 0.3) is 5.91 Å². The molecule has 0 spiro atoms. The number of amides is 1. The number of likely N-dealkylation sites (N-methyl/N-ethyl adjacent to an activating group) is 1. The van der Waals surface area contributed by atoms with E-state index in [9.17, 15) is 9.59 Å². The monoisotopic (exact) mass is 274 g/mol. The third-order valence-electron chi connectivity index (χ3n) is 3.03. The normalized spacial score (nSPS) is 10.5. The van der Waals surface area contributed by atoms with Crippen molar-refractivity contribution in [3.63, 3.8) is 0 Å². The zero-order chi connectivity index (χ0) is 14.5. The minimum Gasteiger partial charge on any atom is -0.354 e. The van der Waals surface area contributed by atoms with Crippen LogP contribution in [0.2, 0.25) is 0 Å². The van der Waals surface area contributed by atoms with E-state index in [-0.39, 0.29) is 11.3 Å². The maximum absolute atomic E-state index is 12.4. The van der Waals surface area contributed by atoms with Crippen LogP contribution in [0.25, 0.3) is 0 Å². The fourth-order valence-electron chi connectivity index (χ4n) is 2.03. The van der Waals surface area contributed by atoms with Crippen LogP contribution in [0.15, 0.2) is 35.4 Å². The molecule has 6 heteroatoms. The van der Waals surface area contributed by atoms with Crippen LogP contribution in [0, 0.1) is 6.92 Å². The molecule has 106 valence electrons. The quantitative estimate of drug-likeness (QED) is 0.885. The van der Waals surface area contributed by atoms with Crippen molar-refractivity contribution in [2.45, 2.75) is 20.4 Å². The van der Waals surface area contributed by atoms with Crippen molar-refractivity contribution in [2.24, 2.45) is 0 Å². The van der Waals surface area contributed by atoms with Crippen LogP contribution in [-0.2, 0) is 6.54 Å². The van der Waals surface area contributed by atoms with Crippen LogP contribution in [0.5, 0.6) is 0 Å². The van der Waals surface area contributed by atoms with Gasteiger partial charge in [-0.25, -0.2) is 0 Å². The number of hydrogen-bond acceptors (Lipinski definition) is 3. The van der Waals surface area contributed by atoms with Crippen molar-refractivity contribution in [3.05, 3.63) is 52.2 Å². The lowest BCUT2D eigenvalue weighted by Crippen LogP contribution is -2.35. The molecule has 6 nitrogen and oxygen atoms in total. The van der Waals surface area contributed by atoms with Crippen LogP contribution in [0.3, 0.4) is 0 Å². The van der Waals surface area contributed by atoms with Crippen molar-refractivity contribution in [1.82, 2.24) is 19.7 Å². The summed E-state index contributed by atoms with van der Waals surface area (Å²) in [6, 6.07) is 4.65. The van der Waals surface area contributed by atoms with Gasteiger partial charge in [0, 0.05) is 43.3 Å². The maximum atomic E-state index is 12.4. The first kappa shape index (κ1) is 14.0. The fourth-order valence-corrected chi connectivity index (χ4v) is 2.03. The molecule has 20 heavy (non-hydrogen) atoms. The Morgan fingerprint density at radius 1 is 1.45 bits per heavy atom. The van der Waals surface area contributed by atoms with Gasteiger partial charge < -0.3 is 9.88 Å². The SMILES string of the molecule is CCN(CCn1cccn1)C(=O)c1cc(=O)cc(C)[nH]1. The second-order valence-electron chi connectivity index (χ2n) is 4.57. The predicted molar refractivity (Wildman–Crippen MR) is 75.6 cm³/mol. The summed E-state index contributed by atoms with van der Waals surface area (Å²) >= 11 is 0. The summed E-state index contributed by atoms with van der Waals surface area (Å²) < 4.78 is 1.77. The van der Waals surface area contributed by atoms with Gasteiger partial charge in [-0.1, -0.05) is 0 Å². The summed E-state index contributed by atoms with van der Waals surface area (Å²) in [5.74, 6) is -0.166. The largest absolute Gasteiger partial charge is 0.354 e. The number of carbonyl (C=O) groups is 1. The molecule has 2 aromatic rings. The second kappa shape index (κ2) is 6.18. The van der Waals surface area contributed by atoms with Crippen LogP contribution >= 0.6 is 0 Å². The summed E-state index contributed by atoms with van der Waals surface area (Å²) in [5, 5.41) is 4.10. The van der Waals surface area contributed by atoms with Gasteiger partial charge in [-0.15, -0.1) is 0 Å². The Bertz CT molecular complexity index is 631. The van der Waals surface area contributed by atoms with Crippen molar-refractivity contribution >= 4 is 5.91 Å². The molecule has 0 aliphatic heterocycles. The molecule has 2 aromatic heterocycles. The molecule has 0 fully saturated rings. The molecular formula is C14H18N4O2. The Morgan fingerprint density at radius 2 is 2.25 bits per heavy atom. The molecule has 0 aromatic carbocycles. The summed E-state index contributed by atoms with van der Waals surface area (Å²) in [7, 11) is 0. The van der Waals surface area contributed by atoms with E-state index in [2.05, 4.69) is 10.1 Å². The molecule has 1 amide bonds. The minimum absolute atomic E-state index is 0.160. The van der Waals surface area contributed by atoms with E-state index < -0.39 is 0 Å². The lowest BCUT2D eigenvalue weighted by Gasteiger charge is -2.20. The highest BCUT2D eigenvalue weighted by molar-refractivity contribution is 5.92. The molecule has 0 saturated heterocycles. The van der Waals surface area contributed by atoms with Crippen LogP contribution in [-0.4, -0.2) is 38.7 Å². The van der Waals surface area contributed by atoms with Crippen molar-refractivity contribution < 1.29 is 4.79 Å². The highest BCUT2D eigenvalue weighted by atomic mass is 16.2. The Balaban J connectivity index is 2.10. The van der Waals surface area contributed by atoms with E-state index >= 15 is 0 Å². The number of aromatic amines is 1. The molecule has 0 aliphatic carbocycles. The number of hydrogen-bond donors (Lipinski definition) is 1. The average Bonchev–Trinajstić information content (AvgIpc) is 2.91. The predicted octanol–water partition coefficient (Wildman–Crippen LogP) is 1.04. The molecule has 2 heterocycles. The summed E-state index contributed by atoms with van der Waals surface area (Å²) in [6.07, 6.45) is 3.56. The van der Waals surface area contributed by atoms with Crippen LogP contribution in [0.1, 0.15) is 23.1 Å². The summed E-state index contributed by atoms with van der Waals surface area (Å²) in [5.41, 5.74) is 0.856. The van der Waals surface area contributed by atoms with Crippen LogP contribution < -0.4 is 5.43 Å². The molecule has 0 bridgehead atoms. The molecule has 0 radical (unpaired) electrons. The number of nitrogens with zero attached hydrogens (tertiary/aromatic N) is 3. The zero-order valence-corrected chi connectivity index (χ0v) is 11.7. The van der Waals surface area contributed by atoms with Gasteiger partial charge >= 0.3 is 0 Å². The zero-order valence-electron chi connectivity index (χ0n) is 11.7. The minimum atomic E-state index is -0.166. The van der Waals surface area contributed by atoms with Gasteiger partial charge in [0.2, 0.25) is 0 Å². The Hall–Kier alpha value is -2.37. The number of aryl methyl sites for hydroxylation is 1. The van der Waals surface area contributed by atoms with Gasteiger partial charge in [-0.3, -0.25) is 14.3 Å². The third-order valence-corrected chi connectivity index (χ3v) is 3.03. The number of pyridine rings is 1. The molecule has 0 atom stereocenters. The van der Waals surface area contributed by atoms with Gasteiger partial charge in [0.1, 0.15) is 5.69 Å². The van der Waals surface area contributed by atoms with E-state index in [0.717, 1.165) is 0 Å². The lowest BCUT2D eigenvalue weighted by molar-refractivity contribution is 0.0751. The molecule has 2 rings (SSSR count). The smallest absolute Gasteiger partial charge is 0.270 e. The highest BCUT2D eigenvalue weighted by Gasteiger charge is 2.15. The number of H-pyrrole nitrogens is 1. The Kier molecular flexibility index (Phi) is 4.34. The van der Waals surface area contributed by atoms with Crippen molar-refractivity contribution in [3.8, 4) is 0 Å². The molecule has 0 saturated carbocycles. The van der Waals surface area contributed by atoms with E-state index in [1.165, 1.54) is 12.1 Å². The first-order valence-corrected chi connectivity index (χ1v) is 6.58. The highest BCUT2D eigenvalue weighted by Crippen LogP contribution is 2.02. The molecule has 0 unspecified atom stereocenters. The van der Waals surface area contributed by atoms with Gasteiger partial charge in [-0.05, 0) is 19.9 Å². The third kappa shape index (κ3) is 3.34. The van der Waals surface area contributed by atoms with E-state index in [4.69, 9.17) is 0 Å². The lowest BCUT2D eigenvalue weighted by atomic mass is 10.2. The summed E-state index contributed by atoms with van der Waals surface area (Å²) in [6.45, 7) is 5.43. The molecule has 1 N–H and O–H groups in total. The maximum Gasteiger partial charge on any atom is 0.270 e. The summed E-state index contributed by atoms with van der Waals surface area (Å²) in [4.78, 5) is 28.5. The number of aromatic nitrogens is 3. The van der Waals surface area contributed by atoms with E-state index in [1.807, 2.05) is 19.2 Å². The van der Waals surface area contributed by atoms with E-state index in [1.54, 1.807) is 22.7 Å². The first-order chi connectivity index (χ1) is 9.60. The van der Waals surface area contributed by atoms with Gasteiger partial charge in [0.15, 0.2) is 5.43 Å². The number of nitrogens with one attached hydrogen (secondary N) is 1. The fraction of sp³-hybridized carbons (Fsp3) is 0.357. The van der Waals surface area contributed by atoms with Crippen molar-refractivity contribution in [2.75, 3.05) is 13.1 Å². The van der Waals surface area contributed by atoms with Gasteiger partial charge in [0.05, 0.1) is 6.54 Å². The topological polar surface area (TPSA) is 71.0 Å². The Morgan fingerprint density at radius 3 is 2.85 bits per heavy atom. The standard InChI is InChI=1S/C14H18N4O2/c1-3-17(7-8-18-6-4-5-15-18)14(20)13-10-12(19)9-11(2)16-13/h4-6,9-10H,3,7-8H2,1-2H3,(H,16,19).